The zero-order chi connectivity index (χ0) is 14.8. The Kier molecular flexibility index (Phi) is 2.75. The molecular weight excluding hydrogens is 260 g/mol. The van der Waals surface area contributed by atoms with Gasteiger partial charge in [-0.2, -0.15) is 0 Å². The SMILES string of the molecule is C[C@]12CC=C(O)C=C1CC[C@@H]1[C@@H]2CC[C@]2(C)C(=O)CC[C@@H]12. The predicted molar refractivity (Wildman–Crippen MR) is 82.8 cm³/mol. The van der Waals surface area contributed by atoms with Gasteiger partial charge in [0.05, 0.1) is 0 Å². The second-order valence-corrected chi connectivity index (χ2v) is 8.25. The fraction of sp³-hybridized carbons (Fsp3) is 0.737. The van der Waals surface area contributed by atoms with Gasteiger partial charge >= 0.3 is 0 Å². The quantitative estimate of drug-likeness (QED) is 0.708. The molecule has 2 heteroatoms. The van der Waals surface area contributed by atoms with Gasteiger partial charge in [-0.15, -0.1) is 0 Å². The number of carbonyl (C=O) groups excluding carboxylic acids is 1. The van der Waals surface area contributed by atoms with Crippen LogP contribution in [0.3, 0.4) is 0 Å². The first-order valence-corrected chi connectivity index (χ1v) is 8.58. The Hall–Kier alpha value is -1.05. The average Bonchev–Trinajstić information content (AvgIpc) is 2.76. The Labute approximate surface area is 127 Å². The minimum atomic E-state index is -0.0224. The highest BCUT2D eigenvalue weighted by molar-refractivity contribution is 5.87. The molecular formula is C19H26O2. The standard InChI is InChI=1S/C19H26O2/c1-18-9-7-13(20)11-12(18)3-4-14-15-5-6-17(21)19(15,2)10-8-16(14)18/h7,11,14-16,20H,3-6,8-10H2,1-2H3/t14-,15-,16-,18-,19-/m0/s1. The van der Waals surface area contributed by atoms with Crippen molar-refractivity contribution in [1.82, 2.24) is 0 Å². The molecule has 0 heterocycles. The van der Waals surface area contributed by atoms with E-state index >= 15 is 0 Å². The van der Waals surface area contributed by atoms with Gasteiger partial charge in [-0.3, -0.25) is 4.79 Å². The monoisotopic (exact) mass is 286 g/mol. The maximum atomic E-state index is 12.4. The Morgan fingerprint density at radius 1 is 1.10 bits per heavy atom. The van der Waals surface area contributed by atoms with E-state index in [-0.39, 0.29) is 10.8 Å². The predicted octanol–water partition coefficient (Wildman–Crippen LogP) is 4.57. The molecule has 0 aromatic rings. The summed E-state index contributed by atoms with van der Waals surface area (Å²) in [6.45, 7) is 4.64. The summed E-state index contributed by atoms with van der Waals surface area (Å²) in [7, 11) is 0. The van der Waals surface area contributed by atoms with Crippen molar-refractivity contribution in [3.63, 3.8) is 0 Å². The minimum absolute atomic E-state index is 0.0224. The van der Waals surface area contributed by atoms with E-state index in [9.17, 15) is 9.90 Å². The van der Waals surface area contributed by atoms with Crippen LogP contribution in [0.25, 0.3) is 0 Å². The van der Waals surface area contributed by atoms with Crippen LogP contribution in [0.4, 0.5) is 0 Å². The Morgan fingerprint density at radius 2 is 1.86 bits per heavy atom. The lowest BCUT2D eigenvalue weighted by Gasteiger charge is -2.56. The molecule has 114 valence electrons. The van der Waals surface area contributed by atoms with Gasteiger partial charge in [0.2, 0.25) is 0 Å². The number of carbonyl (C=O) groups is 1. The van der Waals surface area contributed by atoms with Crippen LogP contribution in [-0.4, -0.2) is 10.9 Å². The zero-order valence-electron chi connectivity index (χ0n) is 13.2. The molecule has 0 saturated heterocycles. The second-order valence-electron chi connectivity index (χ2n) is 8.25. The van der Waals surface area contributed by atoms with Crippen LogP contribution in [0.15, 0.2) is 23.5 Å². The van der Waals surface area contributed by atoms with Crippen LogP contribution in [0, 0.1) is 28.6 Å². The molecule has 0 radical (unpaired) electrons. The Morgan fingerprint density at radius 3 is 2.67 bits per heavy atom. The first-order chi connectivity index (χ1) is 9.95. The number of Topliss-reactive ketones (excluding diaryl/α,β-unsaturated/α-hetero) is 1. The van der Waals surface area contributed by atoms with Gasteiger partial charge in [-0.1, -0.05) is 19.4 Å². The number of aliphatic hydroxyl groups is 1. The summed E-state index contributed by atoms with van der Waals surface area (Å²) in [5, 5.41) is 9.82. The summed E-state index contributed by atoms with van der Waals surface area (Å²) < 4.78 is 0. The van der Waals surface area contributed by atoms with E-state index in [0.717, 1.165) is 32.1 Å². The minimum Gasteiger partial charge on any atom is -0.508 e. The van der Waals surface area contributed by atoms with E-state index in [1.807, 2.05) is 12.2 Å². The summed E-state index contributed by atoms with van der Waals surface area (Å²) in [4.78, 5) is 12.4. The first kappa shape index (κ1) is 13.6. The lowest BCUT2D eigenvalue weighted by Crippen LogP contribution is -2.50. The zero-order valence-corrected chi connectivity index (χ0v) is 13.2. The topological polar surface area (TPSA) is 37.3 Å². The van der Waals surface area contributed by atoms with Gasteiger partial charge in [-0.05, 0) is 73.8 Å². The molecule has 4 aliphatic carbocycles. The van der Waals surface area contributed by atoms with Crippen LogP contribution in [0.1, 0.15) is 58.8 Å². The second kappa shape index (κ2) is 4.24. The van der Waals surface area contributed by atoms with Crippen molar-refractivity contribution in [1.29, 1.82) is 0 Å². The van der Waals surface area contributed by atoms with E-state index in [1.165, 1.54) is 18.4 Å². The molecule has 2 nitrogen and oxygen atoms in total. The lowest BCUT2D eigenvalue weighted by atomic mass is 9.48. The number of fused-ring (bicyclic) bond motifs is 5. The molecule has 4 rings (SSSR count). The maximum Gasteiger partial charge on any atom is 0.139 e. The summed E-state index contributed by atoms with van der Waals surface area (Å²) in [6.07, 6.45) is 11.5. The smallest absolute Gasteiger partial charge is 0.139 e. The van der Waals surface area contributed by atoms with Gasteiger partial charge in [0, 0.05) is 11.8 Å². The van der Waals surface area contributed by atoms with E-state index in [1.54, 1.807) is 0 Å². The van der Waals surface area contributed by atoms with Crippen LogP contribution in [0.2, 0.25) is 0 Å². The molecule has 21 heavy (non-hydrogen) atoms. The molecule has 5 atom stereocenters. The van der Waals surface area contributed by atoms with Gasteiger partial charge < -0.3 is 5.11 Å². The van der Waals surface area contributed by atoms with Crippen molar-refractivity contribution in [3.05, 3.63) is 23.5 Å². The van der Waals surface area contributed by atoms with Crippen molar-refractivity contribution in [3.8, 4) is 0 Å². The molecule has 3 saturated carbocycles. The Bertz CT molecular complexity index is 558. The molecule has 0 amide bonds. The maximum absolute atomic E-state index is 12.4. The third-order valence-electron chi connectivity index (χ3n) is 7.50. The summed E-state index contributed by atoms with van der Waals surface area (Å²) >= 11 is 0. The van der Waals surface area contributed by atoms with Crippen LogP contribution in [0.5, 0.6) is 0 Å². The fourth-order valence-electron chi connectivity index (χ4n) is 6.17. The summed E-state index contributed by atoms with van der Waals surface area (Å²) in [5.41, 5.74) is 1.66. The third kappa shape index (κ3) is 1.68. The van der Waals surface area contributed by atoms with Crippen molar-refractivity contribution >= 4 is 5.78 Å². The van der Waals surface area contributed by atoms with Crippen molar-refractivity contribution in [2.75, 3.05) is 0 Å². The van der Waals surface area contributed by atoms with Gasteiger partial charge in [-0.25, -0.2) is 0 Å². The number of rotatable bonds is 0. The van der Waals surface area contributed by atoms with Crippen LogP contribution in [-0.2, 0) is 4.79 Å². The van der Waals surface area contributed by atoms with Gasteiger partial charge in [0.1, 0.15) is 11.5 Å². The molecule has 4 aliphatic rings. The third-order valence-corrected chi connectivity index (χ3v) is 7.50. The molecule has 1 N–H and O–H groups in total. The number of hydrogen-bond acceptors (Lipinski definition) is 2. The largest absolute Gasteiger partial charge is 0.508 e. The number of ketones is 1. The average molecular weight is 286 g/mol. The number of aliphatic hydroxyl groups excluding tert-OH is 1. The summed E-state index contributed by atoms with van der Waals surface area (Å²) in [5.74, 6) is 3.01. The fourth-order valence-corrected chi connectivity index (χ4v) is 6.17. The molecule has 3 fully saturated rings. The van der Waals surface area contributed by atoms with Crippen LogP contribution < -0.4 is 0 Å². The molecule has 0 aliphatic heterocycles. The van der Waals surface area contributed by atoms with E-state index < -0.39 is 0 Å². The van der Waals surface area contributed by atoms with Gasteiger partial charge in [0.25, 0.3) is 0 Å². The van der Waals surface area contributed by atoms with Crippen molar-refractivity contribution < 1.29 is 9.90 Å². The molecule has 0 aromatic heterocycles. The lowest BCUT2D eigenvalue weighted by molar-refractivity contribution is -0.132. The highest BCUT2D eigenvalue weighted by atomic mass is 16.3. The molecule has 0 bridgehead atoms. The molecule has 0 unspecified atom stereocenters. The molecule has 0 spiro atoms. The molecule has 0 aromatic carbocycles. The van der Waals surface area contributed by atoms with Crippen molar-refractivity contribution in [2.45, 2.75) is 58.8 Å². The number of allylic oxidation sites excluding steroid dienone is 3. The summed E-state index contributed by atoms with van der Waals surface area (Å²) in [6, 6.07) is 0. The Balaban J connectivity index is 1.70. The van der Waals surface area contributed by atoms with E-state index in [4.69, 9.17) is 0 Å². The van der Waals surface area contributed by atoms with E-state index in [0.29, 0.717) is 29.3 Å². The van der Waals surface area contributed by atoms with Crippen molar-refractivity contribution in [2.24, 2.45) is 28.6 Å². The number of hydrogen-bond donors (Lipinski definition) is 1. The highest BCUT2D eigenvalue weighted by Gasteiger charge is 2.58. The first-order valence-electron chi connectivity index (χ1n) is 8.58. The van der Waals surface area contributed by atoms with Crippen LogP contribution >= 0.6 is 0 Å². The van der Waals surface area contributed by atoms with E-state index in [2.05, 4.69) is 13.8 Å². The van der Waals surface area contributed by atoms with Gasteiger partial charge in [0.15, 0.2) is 0 Å². The highest BCUT2D eigenvalue weighted by Crippen LogP contribution is 2.64. The normalized spacial score (nSPS) is 48.9.